The van der Waals surface area contributed by atoms with Gasteiger partial charge in [0.25, 0.3) is 0 Å². The molecule has 92 valence electrons. The first-order valence-electron chi connectivity index (χ1n) is 5.98. The molecule has 0 bridgehead atoms. The average molecular weight is 227 g/mol. The Kier molecular flexibility index (Phi) is 3.78. The third kappa shape index (κ3) is 2.53. The van der Waals surface area contributed by atoms with E-state index in [1.807, 2.05) is 4.90 Å². The Morgan fingerprint density at radius 1 is 1.44 bits per heavy atom. The maximum Gasteiger partial charge on any atom is 0.242 e. The molecule has 5 heteroatoms. The van der Waals surface area contributed by atoms with Gasteiger partial charge in [-0.3, -0.25) is 4.79 Å². The van der Waals surface area contributed by atoms with Crippen molar-refractivity contribution in [1.82, 2.24) is 15.1 Å². The Hall–Kier alpha value is -0.650. The SMILES string of the molecule is CC1CN(C)CCN1C(=O)C1COCCN1. The van der Waals surface area contributed by atoms with E-state index in [1.165, 1.54) is 0 Å². The second kappa shape index (κ2) is 5.12. The van der Waals surface area contributed by atoms with Crippen molar-refractivity contribution in [2.45, 2.75) is 19.0 Å². The first-order chi connectivity index (χ1) is 7.68. The highest BCUT2D eigenvalue weighted by atomic mass is 16.5. The Morgan fingerprint density at radius 2 is 2.25 bits per heavy atom. The van der Waals surface area contributed by atoms with Gasteiger partial charge in [0.2, 0.25) is 5.91 Å². The van der Waals surface area contributed by atoms with E-state index in [4.69, 9.17) is 4.74 Å². The summed E-state index contributed by atoms with van der Waals surface area (Å²) in [5.74, 6) is 0.195. The number of amides is 1. The molecule has 2 heterocycles. The standard InChI is InChI=1S/C11H21N3O2/c1-9-7-13(2)4-5-14(9)11(15)10-8-16-6-3-12-10/h9-10,12H,3-8H2,1-2H3. The second-order valence-electron chi connectivity index (χ2n) is 4.72. The van der Waals surface area contributed by atoms with Gasteiger partial charge in [-0.1, -0.05) is 0 Å². The van der Waals surface area contributed by atoms with Crippen LogP contribution in [0.25, 0.3) is 0 Å². The Balaban J connectivity index is 1.92. The fourth-order valence-electron chi connectivity index (χ4n) is 2.39. The zero-order valence-corrected chi connectivity index (χ0v) is 10.1. The average Bonchev–Trinajstić information content (AvgIpc) is 2.29. The van der Waals surface area contributed by atoms with Crippen molar-refractivity contribution in [3.05, 3.63) is 0 Å². The summed E-state index contributed by atoms with van der Waals surface area (Å²) in [5.41, 5.74) is 0. The van der Waals surface area contributed by atoms with Crippen molar-refractivity contribution in [3.63, 3.8) is 0 Å². The van der Waals surface area contributed by atoms with E-state index in [-0.39, 0.29) is 11.9 Å². The fourth-order valence-corrected chi connectivity index (χ4v) is 2.39. The minimum Gasteiger partial charge on any atom is -0.378 e. The number of nitrogens with zero attached hydrogens (tertiary/aromatic N) is 2. The summed E-state index contributed by atoms with van der Waals surface area (Å²) >= 11 is 0. The lowest BCUT2D eigenvalue weighted by Crippen LogP contribution is -2.59. The molecule has 1 amide bonds. The van der Waals surface area contributed by atoms with Crippen LogP contribution in [0.1, 0.15) is 6.92 Å². The van der Waals surface area contributed by atoms with E-state index in [0.29, 0.717) is 19.3 Å². The fraction of sp³-hybridized carbons (Fsp3) is 0.909. The highest BCUT2D eigenvalue weighted by Gasteiger charge is 2.31. The van der Waals surface area contributed by atoms with Gasteiger partial charge in [0, 0.05) is 32.2 Å². The van der Waals surface area contributed by atoms with Crippen molar-refractivity contribution in [2.24, 2.45) is 0 Å². The number of ether oxygens (including phenoxy) is 1. The van der Waals surface area contributed by atoms with Crippen LogP contribution in [0.5, 0.6) is 0 Å². The predicted molar refractivity (Wildman–Crippen MR) is 61.3 cm³/mol. The van der Waals surface area contributed by atoms with Gasteiger partial charge in [0.05, 0.1) is 13.2 Å². The van der Waals surface area contributed by atoms with E-state index in [1.54, 1.807) is 0 Å². The lowest BCUT2D eigenvalue weighted by atomic mass is 10.1. The minimum atomic E-state index is -0.139. The number of hydrogen-bond acceptors (Lipinski definition) is 4. The molecule has 2 unspecified atom stereocenters. The van der Waals surface area contributed by atoms with Crippen LogP contribution < -0.4 is 5.32 Å². The van der Waals surface area contributed by atoms with E-state index in [2.05, 4.69) is 24.2 Å². The molecule has 16 heavy (non-hydrogen) atoms. The number of morpholine rings is 1. The molecule has 2 fully saturated rings. The molecule has 1 N–H and O–H groups in total. The topological polar surface area (TPSA) is 44.8 Å². The number of likely N-dealkylation sites (N-methyl/N-ethyl adjacent to an activating group) is 1. The van der Waals surface area contributed by atoms with Crippen LogP contribution >= 0.6 is 0 Å². The Labute approximate surface area is 96.7 Å². The summed E-state index contributed by atoms with van der Waals surface area (Å²) in [7, 11) is 2.10. The zero-order chi connectivity index (χ0) is 11.5. The lowest BCUT2D eigenvalue weighted by molar-refractivity contribution is -0.140. The highest BCUT2D eigenvalue weighted by Crippen LogP contribution is 2.10. The number of nitrogens with one attached hydrogen (secondary N) is 1. The summed E-state index contributed by atoms with van der Waals surface area (Å²) in [6.45, 7) is 6.85. The van der Waals surface area contributed by atoms with Crippen LogP contribution in [0.15, 0.2) is 0 Å². The summed E-state index contributed by atoms with van der Waals surface area (Å²) in [6.07, 6.45) is 0. The van der Waals surface area contributed by atoms with Crippen molar-refractivity contribution in [2.75, 3.05) is 46.4 Å². The van der Waals surface area contributed by atoms with Crippen molar-refractivity contribution in [1.29, 1.82) is 0 Å². The first kappa shape index (κ1) is 11.8. The molecule has 0 radical (unpaired) electrons. The van der Waals surface area contributed by atoms with E-state index < -0.39 is 0 Å². The van der Waals surface area contributed by atoms with Gasteiger partial charge in [0.1, 0.15) is 6.04 Å². The third-order valence-electron chi connectivity index (χ3n) is 3.33. The van der Waals surface area contributed by atoms with Gasteiger partial charge in [-0.05, 0) is 14.0 Å². The van der Waals surface area contributed by atoms with Crippen molar-refractivity contribution in [3.8, 4) is 0 Å². The molecule has 2 saturated heterocycles. The molecule has 0 aromatic rings. The molecule has 2 aliphatic rings. The van der Waals surface area contributed by atoms with Gasteiger partial charge in [-0.15, -0.1) is 0 Å². The van der Waals surface area contributed by atoms with Gasteiger partial charge in [0.15, 0.2) is 0 Å². The van der Waals surface area contributed by atoms with Gasteiger partial charge < -0.3 is 19.9 Å². The minimum absolute atomic E-state index is 0.139. The zero-order valence-electron chi connectivity index (χ0n) is 10.1. The number of hydrogen-bond donors (Lipinski definition) is 1. The highest BCUT2D eigenvalue weighted by molar-refractivity contribution is 5.82. The molecule has 0 saturated carbocycles. The van der Waals surface area contributed by atoms with E-state index >= 15 is 0 Å². The summed E-state index contributed by atoms with van der Waals surface area (Å²) in [6, 6.07) is 0.162. The molecule has 2 atom stereocenters. The third-order valence-corrected chi connectivity index (χ3v) is 3.33. The molecular weight excluding hydrogens is 206 g/mol. The van der Waals surface area contributed by atoms with Gasteiger partial charge in [-0.2, -0.15) is 0 Å². The summed E-state index contributed by atoms with van der Waals surface area (Å²) in [5, 5.41) is 3.22. The molecule has 2 aliphatic heterocycles. The predicted octanol–water partition coefficient (Wildman–Crippen LogP) is -0.863. The number of piperazine rings is 1. The monoisotopic (exact) mass is 227 g/mol. The lowest BCUT2D eigenvalue weighted by Gasteiger charge is -2.40. The smallest absolute Gasteiger partial charge is 0.242 e. The maximum absolute atomic E-state index is 12.2. The van der Waals surface area contributed by atoms with Crippen LogP contribution in [0.4, 0.5) is 0 Å². The van der Waals surface area contributed by atoms with E-state index in [9.17, 15) is 4.79 Å². The molecular formula is C11H21N3O2. The normalized spacial score (nSPS) is 32.8. The second-order valence-corrected chi connectivity index (χ2v) is 4.72. The van der Waals surface area contributed by atoms with Crippen molar-refractivity contribution >= 4 is 5.91 Å². The van der Waals surface area contributed by atoms with E-state index in [0.717, 1.165) is 26.2 Å². The molecule has 0 aromatic heterocycles. The first-order valence-corrected chi connectivity index (χ1v) is 5.98. The molecule has 5 nitrogen and oxygen atoms in total. The number of rotatable bonds is 1. The van der Waals surface area contributed by atoms with Crippen LogP contribution in [-0.4, -0.2) is 74.2 Å². The van der Waals surface area contributed by atoms with Crippen LogP contribution in [0.2, 0.25) is 0 Å². The summed E-state index contributed by atoms with van der Waals surface area (Å²) < 4.78 is 5.33. The number of carbonyl (C=O) groups excluding carboxylic acids is 1. The molecule has 0 aromatic carbocycles. The summed E-state index contributed by atoms with van der Waals surface area (Å²) in [4.78, 5) is 16.5. The Bertz CT molecular complexity index is 254. The van der Waals surface area contributed by atoms with Gasteiger partial charge in [-0.25, -0.2) is 0 Å². The van der Waals surface area contributed by atoms with Crippen LogP contribution in [0.3, 0.4) is 0 Å². The quantitative estimate of drug-likeness (QED) is 0.633. The van der Waals surface area contributed by atoms with Gasteiger partial charge >= 0.3 is 0 Å². The Morgan fingerprint density at radius 3 is 2.88 bits per heavy atom. The maximum atomic E-state index is 12.2. The van der Waals surface area contributed by atoms with Crippen molar-refractivity contribution < 1.29 is 9.53 Å². The molecule has 0 spiro atoms. The van der Waals surface area contributed by atoms with Crippen LogP contribution in [0, 0.1) is 0 Å². The molecule has 2 rings (SSSR count). The molecule has 0 aliphatic carbocycles. The number of carbonyl (C=O) groups is 1. The van der Waals surface area contributed by atoms with Crippen LogP contribution in [-0.2, 0) is 9.53 Å². The largest absolute Gasteiger partial charge is 0.378 e.